The van der Waals surface area contributed by atoms with Crippen molar-refractivity contribution in [2.45, 2.75) is 51.4 Å². The lowest BCUT2D eigenvalue weighted by Gasteiger charge is -2.38. The number of nitrogens with one attached hydrogen (secondary N) is 2. The number of benzene rings is 1. The zero-order chi connectivity index (χ0) is 18.2. The van der Waals surface area contributed by atoms with E-state index < -0.39 is 0 Å². The molecule has 5 heteroatoms. The minimum atomic E-state index is 0.299. The van der Waals surface area contributed by atoms with E-state index in [4.69, 9.17) is 12.2 Å². The van der Waals surface area contributed by atoms with Gasteiger partial charge in [-0.3, -0.25) is 4.79 Å². The first-order valence-corrected chi connectivity index (χ1v) is 10.2. The van der Waals surface area contributed by atoms with E-state index in [1.165, 1.54) is 25.0 Å². The molecule has 1 fully saturated rings. The first-order valence-electron chi connectivity index (χ1n) is 9.84. The highest BCUT2D eigenvalue weighted by Gasteiger charge is 2.29. The van der Waals surface area contributed by atoms with Gasteiger partial charge in [-0.25, -0.2) is 0 Å². The quantitative estimate of drug-likeness (QED) is 0.573. The fraction of sp³-hybridized carbons (Fsp3) is 0.524. The summed E-state index contributed by atoms with van der Waals surface area (Å²) in [5.74, 6) is 0.928. The van der Waals surface area contributed by atoms with Crippen LogP contribution in [0, 0.1) is 5.92 Å². The zero-order valence-corrected chi connectivity index (χ0v) is 16.2. The molecular weight excluding hydrogens is 342 g/mol. The summed E-state index contributed by atoms with van der Waals surface area (Å²) in [4.78, 5) is 14.7. The molecule has 1 aromatic carbocycles. The number of hydrogen-bond donors (Lipinski definition) is 2. The number of fused-ring (bicyclic) bond motifs is 1. The van der Waals surface area contributed by atoms with E-state index in [0.29, 0.717) is 23.4 Å². The molecule has 4 nitrogen and oxygen atoms in total. The van der Waals surface area contributed by atoms with Gasteiger partial charge in [-0.1, -0.05) is 24.3 Å². The average Bonchev–Trinajstić information content (AvgIpc) is 2.68. The number of nitrogens with zero attached hydrogens (tertiary/aromatic N) is 1. The van der Waals surface area contributed by atoms with Crippen LogP contribution in [0.3, 0.4) is 0 Å². The maximum atomic E-state index is 12.6. The summed E-state index contributed by atoms with van der Waals surface area (Å²) in [5.41, 5.74) is 2.31. The Kier molecular flexibility index (Phi) is 7.06. The van der Waals surface area contributed by atoms with Gasteiger partial charge in [0.1, 0.15) is 0 Å². The van der Waals surface area contributed by atoms with Crippen molar-refractivity contribution in [2.75, 3.05) is 18.4 Å². The number of carbonyl (C=O) groups is 1. The highest BCUT2D eigenvalue weighted by atomic mass is 32.1. The number of rotatable bonds is 6. The summed E-state index contributed by atoms with van der Waals surface area (Å²) in [6, 6.07) is 9.90. The van der Waals surface area contributed by atoms with E-state index in [0.717, 1.165) is 44.5 Å². The van der Waals surface area contributed by atoms with Crippen molar-refractivity contribution in [1.29, 1.82) is 0 Å². The monoisotopic (exact) mass is 371 g/mol. The molecule has 140 valence electrons. The number of allylic oxidation sites excluding steroid dienone is 2. The summed E-state index contributed by atoms with van der Waals surface area (Å²) in [7, 11) is 0. The Bertz CT molecular complexity index is 644. The number of likely N-dealkylation sites (tertiary alicyclic amines) is 1. The Morgan fingerprint density at radius 2 is 1.96 bits per heavy atom. The molecule has 0 bridgehead atoms. The predicted molar refractivity (Wildman–Crippen MR) is 111 cm³/mol. The first kappa shape index (κ1) is 18.9. The Morgan fingerprint density at radius 1 is 1.15 bits per heavy atom. The molecule has 0 spiro atoms. The lowest BCUT2D eigenvalue weighted by atomic mass is 9.85. The topological polar surface area (TPSA) is 44.4 Å². The Morgan fingerprint density at radius 3 is 2.81 bits per heavy atom. The molecule has 1 heterocycles. The molecule has 3 rings (SSSR count). The molecule has 1 aliphatic heterocycles. The molecule has 1 aliphatic carbocycles. The van der Waals surface area contributed by atoms with E-state index >= 15 is 0 Å². The van der Waals surface area contributed by atoms with Gasteiger partial charge in [0.25, 0.3) is 0 Å². The smallest absolute Gasteiger partial charge is 0.226 e. The number of para-hydroxylation sites is 1. The standard InChI is InChI=1S/C21H29N3OS/c25-20(24-16-8-10-17-9-4-5-13-19(17)24)14-6-7-15-22-21(26)23-18-11-2-1-3-12-18/h1-3,11-13,17H,4-10,14-16H2,(H2,22,23,26). The molecule has 1 unspecified atom stereocenters. The Labute approximate surface area is 162 Å². The van der Waals surface area contributed by atoms with Gasteiger partial charge in [0.2, 0.25) is 5.91 Å². The van der Waals surface area contributed by atoms with Crippen LogP contribution in [0.4, 0.5) is 5.69 Å². The minimum absolute atomic E-state index is 0.299. The third-order valence-electron chi connectivity index (χ3n) is 5.21. The van der Waals surface area contributed by atoms with Gasteiger partial charge in [0.15, 0.2) is 5.11 Å². The van der Waals surface area contributed by atoms with Crippen LogP contribution in [0.1, 0.15) is 51.4 Å². The maximum absolute atomic E-state index is 12.6. The fourth-order valence-electron chi connectivity index (χ4n) is 3.88. The summed E-state index contributed by atoms with van der Waals surface area (Å²) < 4.78 is 0. The second kappa shape index (κ2) is 9.72. The van der Waals surface area contributed by atoms with Crippen molar-refractivity contribution in [1.82, 2.24) is 10.2 Å². The van der Waals surface area contributed by atoms with E-state index in [2.05, 4.69) is 21.6 Å². The van der Waals surface area contributed by atoms with Crippen molar-refractivity contribution >= 4 is 28.9 Å². The van der Waals surface area contributed by atoms with Gasteiger partial charge in [0, 0.05) is 30.9 Å². The molecule has 0 radical (unpaired) electrons. The lowest BCUT2D eigenvalue weighted by Crippen LogP contribution is -2.39. The van der Waals surface area contributed by atoms with Crippen LogP contribution in [0.25, 0.3) is 0 Å². The minimum Gasteiger partial charge on any atom is -0.362 e. The second-order valence-corrected chi connectivity index (χ2v) is 7.56. The summed E-state index contributed by atoms with van der Waals surface area (Å²) in [6.45, 7) is 1.70. The molecule has 0 aromatic heterocycles. The van der Waals surface area contributed by atoms with Gasteiger partial charge in [-0.2, -0.15) is 0 Å². The number of hydrogen-bond acceptors (Lipinski definition) is 2. The largest absolute Gasteiger partial charge is 0.362 e. The number of carbonyl (C=O) groups excluding carboxylic acids is 1. The van der Waals surface area contributed by atoms with E-state index in [1.807, 2.05) is 30.3 Å². The zero-order valence-electron chi connectivity index (χ0n) is 15.4. The van der Waals surface area contributed by atoms with Gasteiger partial charge in [-0.15, -0.1) is 0 Å². The van der Waals surface area contributed by atoms with Gasteiger partial charge in [-0.05, 0) is 75.2 Å². The van der Waals surface area contributed by atoms with Crippen molar-refractivity contribution < 1.29 is 4.79 Å². The molecule has 1 amide bonds. The first-order chi connectivity index (χ1) is 12.7. The van der Waals surface area contributed by atoms with Crippen molar-refractivity contribution in [2.24, 2.45) is 5.92 Å². The van der Waals surface area contributed by atoms with Crippen molar-refractivity contribution in [3.63, 3.8) is 0 Å². The summed E-state index contributed by atoms with van der Waals surface area (Å²) in [6.07, 6.45) is 10.8. The summed E-state index contributed by atoms with van der Waals surface area (Å²) in [5, 5.41) is 7.01. The second-order valence-electron chi connectivity index (χ2n) is 7.15. The van der Waals surface area contributed by atoms with Crippen LogP contribution in [-0.4, -0.2) is 29.0 Å². The molecule has 1 atom stereocenters. The number of unbranched alkanes of at least 4 members (excludes halogenated alkanes) is 1. The molecule has 1 saturated heterocycles. The van der Waals surface area contributed by atoms with Gasteiger partial charge in [0.05, 0.1) is 0 Å². The van der Waals surface area contributed by atoms with Crippen molar-refractivity contribution in [3.8, 4) is 0 Å². The van der Waals surface area contributed by atoms with E-state index in [9.17, 15) is 4.79 Å². The third-order valence-corrected chi connectivity index (χ3v) is 5.46. The normalized spacial score (nSPS) is 19.3. The van der Waals surface area contributed by atoms with Gasteiger partial charge < -0.3 is 15.5 Å². The number of piperidine rings is 1. The van der Waals surface area contributed by atoms with Crippen LogP contribution >= 0.6 is 12.2 Å². The maximum Gasteiger partial charge on any atom is 0.226 e. The van der Waals surface area contributed by atoms with Crippen LogP contribution in [0.5, 0.6) is 0 Å². The number of thiocarbonyl (C=S) groups is 1. The van der Waals surface area contributed by atoms with Gasteiger partial charge >= 0.3 is 0 Å². The highest BCUT2D eigenvalue weighted by molar-refractivity contribution is 7.80. The molecule has 0 saturated carbocycles. The lowest BCUT2D eigenvalue weighted by molar-refractivity contribution is -0.130. The summed E-state index contributed by atoms with van der Waals surface area (Å²) >= 11 is 5.30. The number of anilines is 1. The Hall–Kier alpha value is -1.88. The van der Waals surface area contributed by atoms with E-state index in [-0.39, 0.29) is 0 Å². The molecule has 2 aliphatic rings. The van der Waals surface area contributed by atoms with Crippen LogP contribution in [-0.2, 0) is 4.79 Å². The third kappa shape index (κ3) is 5.31. The molecule has 1 aromatic rings. The fourth-order valence-corrected chi connectivity index (χ4v) is 4.10. The van der Waals surface area contributed by atoms with E-state index in [1.54, 1.807) is 0 Å². The Balaban J connectivity index is 1.34. The highest BCUT2D eigenvalue weighted by Crippen LogP contribution is 2.35. The average molecular weight is 372 g/mol. The van der Waals surface area contributed by atoms with Crippen LogP contribution in [0.15, 0.2) is 42.1 Å². The van der Waals surface area contributed by atoms with Crippen LogP contribution < -0.4 is 10.6 Å². The van der Waals surface area contributed by atoms with Crippen LogP contribution in [0.2, 0.25) is 0 Å². The SMILES string of the molecule is O=C(CCCCNC(=S)Nc1ccccc1)N1CCCC2CCCC=C21. The predicted octanol–water partition coefficient (Wildman–Crippen LogP) is 4.45. The molecule has 26 heavy (non-hydrogen) atoms. The molecule has 2 N–H and O–H groups in total. The van der Waals surface area contributed by atoms with Crippen molar-refractivity contribution in [3.05, 3.63) is 42.1 Å². The molecular formula is C21H29N3OS. The number of amides is 1.